The van der Waals surface area contributed by atoms with Crippen molar-refractivity contribution in [1.29, 1.82) is 0 Å². The number of pyridine rings is 1. The van der Waals surface area contributed by atoms with Crippen LogP contribution in [0.2, 0.25) is 0 Å². The lowest BCUT2D eigenvalue weighted by Crippen LogP contribution is -2.26. The number of hydrogen-bond acceptors (Lipinski definition) is 3. The van der Waals surface area contributed by atoms with Crippen molar-refractivity contribution in [2.24, 2.45) is 7.05 Å². The zero-order valence-corrected chi connectivity index (χ0v) is 16.5. The molecule has 25 heavy (non-hydrogen) atoms. The molecule has 0 aromatic carbocycles. The summed E-state index contributed by atoms with van der Waals surface area (Å²) in [6.45, 7) is 9.90. The maximum atomic E-state index is 4.99. The Hall–Kier alpha value is -1.84. The maximum absolute atomic E-state index is 4.99. The van der Waals surface area contributed by atoms with Crippen LogP contribution in [0.5, 0.6) is 0 Å². The lowest BCUT2D eigenvalue weighted by atomic mass is 9.89. The second-order valence-corrected chi connectivity index (χ2v) is 7.40. The molecule has 0 fully saturated rings. The maximum Gasteiger partial charge on any atom is 0.158 e. The average Bonchev–Trinajstić information content (AvgIpc) is 2.91. The molecule has 0 aliphatic carbocycles. The van der Waals surface area contributed by atoms with Crippen LogP contribution < -0.4 is 4.90 Å². The van der Waals surface area contributed by atoms with Gasteiger partial charge in [0.2, 0.25) is 0 Å². The van der Waals surface area contributed by atoms with Gasteiger partial charge in [-0.1, -0.05) is 26.7 Å². The van der Waals surface area contributed by atoms with Crippen LogP contribution in [-0.2, 0) is 13.5 Å². The van der Waals surface area contributed by atoms with Gasteiger partial charge in [0.15, 0.2) is 5.82 Å². The van der Waals surface area contributed by atoms with E-state index in [1.807, 2.05) is 6.20 Å². The van der Waals surface area contributed by atoms with Crippen molar-refractivity contribution < 1.29 is 0 Å². The second-order valence-electron chi connectivity index (χ2n) is 7.40. The van der Waals surface area contributed by atoms with Crippen LogP contribution in [-0.4, -0.2) is 21.3 Å². The largest absolute Gasteiger partial charge is 0.323 e. The Kier molecular flexibility index (Phi) is 5.45. The first kappa shape index (κ1) is 18.0. The van der Waals surface area contributed by atoms with Gasteiger partial charge in [-0.25, -0.2) is 0 Å². The fraction of sp³-hybridized carbons (Fsp3) is 0.619. The Balaban J connectivity index is 2.08. The predicted octanol–water partition coefficient (Wildman–Crippen LogP) is 5.20. The molecule has 3 rings (SSSR count). The Labute approximate surface area is 152 Å². The summed E-state index contributed by atoms with van der Waals surface area (Å²) in [6, 6.07) is 2.11. The molecule has 0 amide bonds. The molecule has 0 atom stereocenters. The molecule has 136 valence electrons. The third-order valence-electron chi connectivity index (χ3n) is 5.48. The first-order valence-electron chi connectivity index (χ1n) is 9.83. The molecule has 1 aliphatic heterocycles. The molecule has 3 heterocycles. The van der Waals surface area contributed by atoms with Crippen molar-refractivity contribution in [3.05, 3.63) is 34.8 Å². The van der Waals surface area contributed by atoms with E-state index in [0.717, 1.165) is 18.7 Å². The molecule has 0 unspecified atom stereocenters. The van der Waals surface area contributed by atoms with Crippen molar-refractivity contribution in [3.63, 3.8) is 0 Å². The van der Waals surface area contributed by atoms with E-state index >= 15 is 0 Å². The summed E-state index contributed by atoms with van der Waals surface area (Å²) in [6.07, 6.45) is 9.21. The molecule has 0 spiro atoms. The van der Waals surface area contributed by atoms with E-state index in [4.69, 9.17) is 5.10 Å². The highest BCUT2D eigenvalue weighted by Crippen LogP contribution is 2.40. The molecular formula is C21H32N4. The van der Waals surface area contributed by atoms with Crippen LogP contribution in [0.1, 0.15) is 74.4 Å². The SMILES string of the molecule is CCCC(CCC)c1c2c(nn1C)N(c1c(C)ccnc1C)CCC2. The summed E-state index contributed by atoms with van der Waals surface area (Å²) in [5.41, 5.74) is 6.58. The number of hydrogen-bond donors (Lipinski definition) is 0. The van der Waals surface area contributed by atoms with Gasteiger partial charge >= 0.3 is 0 Å². The summed E-state index contributed by atoms with van der Waals surface area (Å²) in [4.78, 5) is 6.95. The van der Waals surface area contributed by atoms with Crippen molar-refractivity contribution >= 4 is 11.5 Å². The molecule has 1 aliphatic rings. The van der Waals surface area contributed by atoms with Gasteiger partial charge in [-0.2, -0.15) is 5.10 Å². The summed E-state index contributed by atoms with van der Waals surface area (Å²) in [5.74, 6) is 1.80. The first-order chi connectivity index (χ1) is 12.1. The van der Waals surface area contributed by atoms with Crippen molar-refractivity contribution in [3.8, 4) is 0 Å². The number of rotatable bonds is 6. The van der Waals surface area contributed by atoms with Gasteiger partial charge < -0.3 is 4.90 Å². The number of aryl methyl sites for hydroxylation is 3. The van der Waals surface area contributed by atoms with E-state index in [2.05, 4.69) is 55.4 Å². The van der Waals surface area contributed by atoms with E-state index in [1.165, 1.54) is 60.4 Å². The molecule has 0 N–H and O–H groups in total. The van der Waals surface area contributed by atoms with Crippen LogP contribution >= 0.6 is 0 Å². The third kappa shape index (κ3) is 3.31. The van der Waals surface area contributed by atoms with Crippen LogP contribution in [0.25, 0.3) is 0 Å². The quantitative estimate of drug-likeness (QED) is 0.725. The zero-order chi connectivity index (χ0) is 18.0. The fourth-order valence-corrected chi connectivity index (χ4v) is 4.48. The summed E-state index contributed by atoms with van der Waals surface area (Å²) in [7, 11) is 2.13. The molecular weight excluding hydrogens is 308 g/mol. The lowest BCUT2D eigenvalue weighted by Gasteiger charge is -2.30. The first-order valence-corrected chi connectivity index (χ1v) is 9.83. The number of anilines is 2. The normalized spacial score (nSPS) is 14.2. The summed E-state index contributed by atoms with van der Waals surface area (Å²) in [5, 5.41) is 4.99. The van der Waals surface area contributed by atoms with Crippen LogP contribution in [0.15, 0.2) is 12.3 Å². The zero-order valence-electron chi connectivity index (χ0n) is 16.5. The fourth-order valence-electron chi connectivity index (χ4n) is 4.48. The molecule has 0 radical (unpaired) electrons. The smallest absolute Gasteiger partial charge is 0.158 e. The molecule has 0 saturated carbocycles. The highest BCUT2D eigenvalue weighted by Gasteiger charge is 2.30. The Morgan fingerprint density at radius 3 is 2.52 bits per heavy atom. The molecule has 2 aromatic rings. The monoisotopic (exact) mass is 340 g/mol. The molecule has 2 aromatic heterocycles. The average molecular weight is 341 g/mol. The van der Waals surface area contributed by atoms with Crippen molar-refractivity contribution in [2.75, 3.05) is 11.4 Å². The van der Waals surface area contributed by atoms with Crippen molar-refractivity contribution in [2.45, 2.75) is 72.1 Å². The predicted molar refractivity (Wildman–Crippen MR) is 105 cm³/mol. The van der Waals surface area contributed by atoms with Crippen molar-refractivity contribution in [1.82, 2.24) is 14.8 Å². The van der Waals surface area contributed by atoms with Gasteiger partial charge in [-0.15, -0.1) is 0 Å². The van der Waals surface area contributed by atoms with Gasteiger partial charge in [0.05, 0.1) is 11.4 Å². The van der Waals surface area contributed by atoms with Gasteiger partial charge in [0, 0.05) is 37.0 Å². The molecule has 4 heteroatoms. The molecule has 4 nitrogen and oxygen atoms in total. The summed E-state index contributed by atoms with van der Waals surface area (Å²) < 4.78 is 2.17. The standard InChI is InChI=1S/C21H32N4/c1-6-9-17(10-7-2)20-18-11-8-14-25(21(18)23-24(20)5)19-15(3)12-13-22-16(19)4/h12-13,17H,6-11,14H2,1-5H3. The van der Waals surface area contributed by atoms with E-state index in [-0.39, 0.29) is 0 Å². The van der Waals surface area contributed by atoms with Gasteiger partial charge in [0.25, 0.3) is 0 Å². The minimum Gasteiger partial charge on any atom is -0.323 e. The minimum atomic E-state index is 0.632. The van der Waals surface area contributed by atoms with E-state index < -0.39 is 0 Å². The Bertz CT molecular complexity index is 705. The summed E-state index contributed by atoms with van der Waals surface area (Å²) >= 11 is 0. The molecule has 0 saturated heterocycles. The number of fused-ring (bicyclic) bond motifs is 1. The van der Waals surface area contributed by atoms with Gasteiger partial charge in [-0.05, 0) is 51.2 Å². The van der Waals surface area contributed by atoms with Crippen LogP contribution in [0, 0.1) is 13.8 Å². The Morgan fingerprint density at radius 1 is 1.16 bits per heavy atom. The highest BCUT2D eigenvalue weighted by molar-refractivity contribution is 5.69. The van der Waals surface area contributed by atoms with E-state index in [9.17, 15) is 0 Å². The lowest BCUT2D eigenvalue weighted by molar-refractivity contribution is 0.515. The number of aromatic nitrogens is 3. The number of nitrogens with zero attached hydrogens (tertiary/aromatic N) is 4. The third-order valence-corrected chi connectivity index (χ3v) is 5.48. The van der Waals surface area contributed by atoms with Crippen LogP contribution in [0.4, 0.5) is 11.5 Å². The van der Waals surface area contributed by atoms with Crippen LogP contribution in [0.3, 0.4) is 0 Å². The minimum absolute atomic E-state index is 0.632. The second kappa shape index (κ2) is 7.59. The highest BCUT2D eigenvalue weighted by atomic mass is 15.4. The van der Waals surface area contributed by atoms with E-state index in [1.54, 1.807) is 0 Å². The van der Waals surface area contributed by atoms with E-state index in [0.29, 0.717) is 5.92 Å². The van der Waals surface area contributed by atoms with Gasteiger partial charge in [0.1, 0.15) is 0 Å². The van der Waals surface area contributed by atoms with Gasteiger partial charge in [-0.3, -0.25) is 9.67 Å². The topological polar surface area (TPSA) is 34.0 Å². The molecule has 0 bridgehead atoms. The Morgan fingerprint density at radius 2 is 1.88 bits per heavy atom.